The lowest BCUT2D eigenvalue weighted by molar-refractivity contribution is 0.669. The fourth-order valence-corrected chi connectivity index (χ4v) is 7.68. The Morgan fingerprint density at radius 3 is 2.18 bits per heavy atom. The van der Waals surface area contributed by atoms with Crippen molar-refractivity contribution in [3.8, 4) is 22.3 Å². The van der Waals surface area contributed by atoms with Crippen molar-refractivity contribution < 1.29 is 4.42 Å². The standard InChI is InChI=1S/C42H34BNO/c1-25(2)27-10-9-11-31(20-27)44-38-22-28(26(3)4)17-19-37(38)43-36-14-7-5-12-32(36)35-21-30(23-39(44)42(35)43)29-16-18-34-33-13-6-8-15-40(33)45-41(34)24-29/h5-26H,1-4H3. The molecule has 7 aromatic rings. The van der Waals surface area contributed by atoms with Crippen molar-refractivity contribution in [3.05, 3.63) is 132 Å². The van der Waals surface area contributed by atoms with Gasteiger partial charge in [-0.05, 0) is 105 Å². The zero-order chi connectivity index (χ0) is 30.4. The van der Waals surface area contributed by atoms with E-state index in [0.717, 1.165) is 21.9 Å². The molecule has 9 rings (SSSR count). The van der Waals surface area contributed by atoms with Gasteiger partial charge < -0.3 is 9.32 Å². The molecule has 0 aliphatic carbocycles. The Labute approximate surface area is 265 Å². The topological polar surface area (TPSA) is 16.4 Å². The second kappa shape index (κ2) is 9.74. The first-order chi connectivity index (χ1) is 22.0. The molecule has 0 radical (unpaired) electrons. The first-order valence-corrected chi connectivity index (χ1v) is 16.2. The van der Waals surface area contributed by atoms with Gasteiger partial charge in [-0.15, -0.1) is 0 Å². The molecule has 0 fully saturated rings. The van der Waals surface area contributed by atoms with Gasteiger partial charge in [-0.2, -0.15) is 0 Å². The molecule has 3 heterocycles. The lowest BCUT2D eigenvalue weighted by atomic mass is 9.37. The van der Waals surface area contributed by atoms with E-state index in [-0.39, 0.29) is 6.71 Å². The normalized spacial score (nSPS) is 13.2. The molecule has 0 unspecified atom stereocenters. The molecule has 6 aromatic carbocycles. The van der Waals surface area contributed by atoms with Gasteiger partial charge in [0.25, 0.3) is 0 Å². The van der Waals surface area contributed by atoms with Crippen LogP contribution in [0.3, 0.4) is 0 Å². The van der Waals surface area contributed by atoms with Crippen molar-refractivity contribution in [1.82, 2.24) is 0 Å². The van der Waals surface area contributed by atoms with Gasteiger partial charge >= 0.3 is 0 Å². The van der Waals surface area contributed by atoms with Crippen molar-refractivity contribution in [1.29, 1.82) is 0 Å². The number of furan rings is 1. The van der Waals surface area contributed by atoms with E-state index in [1.54, 1.807) is 0 Å². The van der Waals surface area contributed by atoms with Gasteiger partial charge in [0, 0.05) is 27.8 Å². The van der Waals surface area contributed by atoms with Gasteiger partial charge in [0.1, 0.15) is 11.2 Å². The molecule has 0 bridgehead atoms. The highest BCUT2D eigenvalue weighted by atomic mass is 16.3. The van der Waals surface area contributed by atoms with E-state index in [2.05, 4.69) is 148 Å². The predicted molar refractivity (Wildman–Crippen MR) is 192 cm³/mol. The second-order valence-electron chi connectivity index (χ2n) is 13.3. The van der Waals surface area contributed by atoms with Crippen molar-refractivity contribution in [2.45, 2.75) is 39.5 Å². The third-order valence-corrected chi connectivity index (χ3v) is 10.0. The van der Waals surface area contributed by atoms with Gasteiger partial charge in [-0.1, -0.05) is 106 Å². The lowest BCUT2D eigenvalue weighted by Crippen LogP contribution is -2.54. The number of benzene rings is 6. The first-order valence-electron chi connectivity index (χ1n) is 16.2. The van der Waals surface area contributed by atoms with Crippen molar-refractivity contribution in [2.24, 2.45) is 0 Å². The van der Waals surface area contributed by atoms with Crippen molar-refractivity contribution in [3.63, 3.8) is 0 Å². The van der Waals surface area contributed by atoms with E-state index in [1.165, 1.54) is 66.8 Å². The minimum absolute atomic E-state index is 0.207. The summed E-state index contributed by atoms with van der Waals surface area (Å²) in [6.45, 7) is 9.34. The number of nitrogens with zero attached hydrogens (tertiary/aromatic N) is 1. The predicted octanol–water partition coefficient (Wildman–Crippen LogP) is 9.78. The molecule has 0 saturated heterocycles. The maximum Gasteiger partial charge on any atom is 0.248 e. The van der Waals surface area contributed by atoms with Crippen LogP contribution in [-0.2, 0) is 0 Å². The molecule has 0 spiro atoms. The monoisotopic (exact) mass is 579 g/mol. The van der Waals surface area contributed by atoms with Gasteiger partial charge in [-0.25, -0.2) is 0 Å². The van der Waals surface area contributed by atoms with Crippen LogP contribution < -0.4 is 21.3 Å². The number of para-hydroxylation sites is 1. The smallest absolute Gasteiger partial charge is 0.248 e. The molecule has 2 nitrogen and oxygen atoms in total. The minimum Gasteiger partial charge on any atom is -0.456 e. The molecule has 216 valence electrons. The largest absolute Gasteiger partial charge is 0.456 e. The summed E-state index contributed by atoms with van der Waals surface area (Å²) in [6, 6.07) is 45.2. The zero-order valence-corrected chi connectivity index (χ0v) is 26.1. The molecular weight excluding hydrogens is 545 g/mol. The van der Waals surface area contributed by atoms with E-state index < -0.39 is 0 Å². The van der Waals surface area contributed by atoms with Crippen LogP contribution >= 0.6 is 0 Å². The highest BCUT2D eigenvalue weighted by Gasteiger charge is 2.42. The van der Waals surface area contributed by atoms with Crippen molar-refractivity contribution in [2.75, 3.05) is 4.90 Å². The Morgan fingerprint density at radius 1 is 0.533 bits per heavy atom. The first kappa shape index (κ1) is 26.4. The summed E-state index contributed by atoms with van der Waals surface area (Å²) in [4.78, 5) is 2.54. The van der Waals surface area contributed by atoms with E-state index in [9.17, 15) is 0 Å². The SMILES string of the molecule is CC(C)c1cccc(N2c3cc(C(C)C)ccc3B3c4ccccc4-c4cc(-c5ccc6c(c5)oc5ccccc56)cc2c43)c1. The van der Waals surface area contributed by atoms with Crippen LogP contribution in [0.5, 0.6) is 0 Å². The molecule has 45 heavy (non-hydrogen) atoms. The molecule has 1 aromatic heterocycles. The van der Waals surface area contributed by atoms with Crippen LogP contribution in [0.1, 0.15) is 50.7 Å². The van der Waals surface area contributed by atoms with E-state index in [4.69, 9.17) is 4.42 Å². The molecule has 3 heteroatoms. The molecule has 0 saturated carbocycles. The molecule has 0 N–H and O–H groups in total. The van der Waals surface area contributed by atoms with Gasteiger partial charge in [0.05, 0.1) is 0 Å². The number of hydrogen-bond acceptors (Lipinski definition) is 2. The van der Waals surface area contributed by atoms with Crippen LogP contribution in [0.4, 0.5) is 17.1 Å². The summed E-state index contributed by atoms with van der Waals surface area (Å²) >= 11 is 0. The Morgan fingerprint density at radius 2 is 1.31 bits per heavy atom. The van der Waals surface area contributed by atoms with Crippen molar-refractivity contribution >= 4 is 62.1 Å². The highest BCUT2D eigenvalue weighted by Crippen LogP contribution is 2.44. The minimum atomic E-state index is 0.207. The lowest BCUT2D eigenvalue weighted by Gasteiger charge is -2.37. The second-order valence-corrected chi connectivity index (χ2v) is 13.3. The van der Waals surface area contributed by atoms with Crippen LogP contribution in [0.15, 0.2) is 126 Å². The number of rotatable bonds is 4. The summed E-state index contributed by atoms with van der Waals surface area (Å²) in [7, 11) is 0. The van der Waals surface area contributed by atoms with E-state index >= 15 is 0 Å². The number of hydrogen-bond donors (Lipinski definition) is 0. The maximum atomic E-state index is 6.35. The fraction of sp³-hybridized carbons (Fsp3) is 0.143. The number of fused-ring (bicyclic) bond motifs is 8. The van der Waals surface area contributed by atoms with Crippen LogP contribution in [0, 0.1) is 0 Å². The molecule has 0 atom stereocenters. The van der Waals surface area contributed by atoms with Gasteiger partial charge in [0.15, 0.2) is 0 Å². The summed E-state index contributed by atoms with van der Waals surface area (Å²) in [5.74, 6) is 0.884. The number of anilines is 3. The summed E-state index contributed by atoms with van der Waals surface area (Å²) in [5, 5.41) is 2.32. The summed E-state index contributed by atoms with van der Waals surface area (Å²) < 4.78 is 6.35. The summed E-state index contributed by atoms with van der Waals surface area (Å²) in [5.41, 5.74) is 17.5. The maximum absolute atomic E-state index is 6.35. The fourth-order valence-electron chi connectivity index (χ4n) is 7.68. The Balaban J connectivity index is 1.34. The third-order valence-electron chi connectivity index (χ3n) is 10.0. The van der Waals surface area contributed by atoms with Crippen LogP contribution in [-0.4, -0.2) is 6.71 Å². The summed E-state index contributed by atoms with van der Waals surface area (Å²) in [6.07, 6.45) is 0. The molecular formula is C42H34BNO. The zero-order valence-electron chi connectivity index (χ0n) is 26.1. The van der Waals surface area contributed by atoms with Gasteiger partial charge in [-0.3, -0.25) is 0 Å². The Hall–Kier alpha value is -5.02. The quantitative estimate of drug-likeness (QED) is 0.193. The van der Waals surface area contributed by atoms with Gasteiger partial charge in [0.2, 0.25) is 6.71 Å². The van der Waals surface area contributed by atoms with E-state index in [0.29, 0.717) is 11.8 Å². The van der Waals surface area contributed by atoms with Crippen LogP contribution in [0.25, 0.3) is 44.2 Å². The molecule has 0 amide bonds. The highest BCUT2D eigenvalue weighted by molar-refractivity contribution is 7.01. The molecule has 2 aliphatic rings. The Kier molecular flexibility index (Phi) is 5.71. The van der Waals surface area contributed by atoms with Crippen LogP contribution in [0.2, 0.25) is 0 Å². The average Bonchev–Trinajstić information content (AvgIpc) is 3.61. The third kappa shape index (κ3) is 3.90. The van der Waals surface area contributed by atoms with E-state index in [1.807, 2.05) is 6.07 Å². The average molecular weight is 580 g/mol. The Bertz CT molecular complexity index is 2310. The molecule has 2 aliphatic heterocycles.